The van der Waals surface area contributed by atoms with E-state index in [1.807, 2.05) is 0 Å². The first-order valence-corrected chi connectivity index (χ1v) is 7.02. The van der Waals surface area contributed by atoms with Crippen molar-refractivity contribution in [2.24, 2.45) is 5.92 Å². The van der Waals surface area contributed by atoms with Crippen LogP contribution in [0.15, 0.2) is 24.3 Å². The normalized spacial score (nSPS) is 15.1. The first-order chi connectivity index (χ1) is 10.1. The average molecular weight is 292 g/mol. The van der Waals surface area contributed by atoms with Gasteiger partial charge in [-0.1, -0.05) is 12.1 Å². The third-order valence-corrected chi connectivity index (χ3v) is 3.45. The molecule has 0 heterocycles. The molecule has 1 fully saturated rings. The smallest absolute Gasteiger partial charge is 0.313 e. The number of rotatable bonds is 6. The van der Waals surface area contributed by atoms with E-state index in [0.29, 0.717) is 23.8 Å². The summed E-state index contributed by atoms with van der Waals surface area (Å²) in [6.45, 7) is 0.288. The molecule has 0 spiro atoms. The van der Waals surface area contributed by atoms with Crippen molar-refractivity contribution in [3.63, 3.8) is 0 Å². The highest BCUT2D eigenvalue weighted by atomic mass is 16.5. The highest BCUT2D eigenvalue weighted by Crippen LogP contribution is 2.33. The first kappa shape index (κ1) is 15.3. The molecule has 2 amide bonds. The van der Waals surface area contributed by atoms with Crippen LogP contribution in [0.2, 0.25) is 0 Å². The molecular formula is C15H20N2O4. The van der Waals surface area contributed by atoms with Crippen molar-refractivity contribution in [2.75, 3.05) is 19.0 Å². The molecule has 0 saturated heterocycles. The number of hydrogen-bond acceptors (Lipinski definition) is 4. The number of carbonyl (C=O) groups excluding carboxylic acids is 2. The van der Waals surface area contributed by atoms with E-state index in [1.54, 1.807) is 24.3 Å². The van der Waals surface area contributed by atoms with Crippen molar-refractivity contribution >= 4 is 17.5 Å². The van der Waals surface area contributed by atoms with Gasteiger partial charge in [0.25, 0.3) is 0 Å². The minimum atomic E-state index is -0.750. The number of carbonyl (C=O) groups is 2. The van der Waals surface area contributed by atoms with Crippen LogP contribution in [0.25, 0.3) is 0 Å². The van der Waals surface area contributed by atoms with Gasteiger partial charge in [-0.15, -0.1) is 0 Å². The van der Waals surface area contributed by atoms with Gasteiger partial charge in [0.05, 0.1) is 18.9 Å². The number of amides is 2. The van der Waals surface area contributed by atoms with E-state index in [-0.39, 0.29) is 12.6 Å². The molecule has 0 aromatic heterocycles. The van der Waals surface area contributed by atoms with Gasteiger partial charge in [-0.3, -0.25) is 9.59 Å². The molecule has 0 radical (unpaired) electrons. The summed E-state index contributed by atoms with van der Waals surface area (Å²) in [5.41, 5.74) is 0.443. The second kappa shape index (κ2) is 7.08. The molecule has 1 aromatic carbocycles. The van der Waals surface area contributed by atoms with Crippen molar-refractivity contribution in [1.29, 1.82) is 0 Å². The summed E-state index contributed by atoms with van der Waals surface area (Å²) in [7, 11) is 1.49. The Balaban J connectivity index is 1.77. The summed E-state index contributed by atoms with van der Waals surface area (Å²) in [6.07, 6.45) is 2.17. The number of para-hydroxylation sites is 2. The number of benzene rings is 1. The van der Waals surface area contributed by atoms with Crippen LogP contribution in [-0.2, 0) is 9.59 Å². The molecule has 3 N–H and O–H groups in total. The number of nitrogens with one attached hydrogen (secondary N) is 2. The predicted octanol–water partition coefficient (Wildman–Crippen LogP) is 0.911. The van der Waals surface area contributed by atoms with Gasteiger partial charge in [-0.2, -0.15) is 0 Å². The van der Waals surface area contributed by atoms with E-state index in [4.69, 9.17) is 4.74 Å². The fraction of sp³-hybridized carbons (Fsp3) is 0.467. The standard InChI is InChI=1S/C15H20N2O4/c1-21-13-5-3-2-4-11(13)17-15(20)14(19)16-9-8-12(18)10-6-7-10/h2-5,10,12,18H,6-9H2,1H3,(H,16,19)(H,17,20)/t12-/m0/s1. The number of methoxy groups -OCH3 is 1. The molecule has 21 heavy (non-hydrogen) atoms. The van der Waals surface area contributed by atoms with Gasteiger partial charge in [0, 0.05) is 6.54 Å². The van der Waals surface area contributed by atoms with Crippen molar-refractivity contribution in [3.8, 4) is 5.75 Å². The maximum absolute atomic E-state index is 11.8. The van der Waals surface area contributed by atoms with Gasteiger partial charge in [-0.25, -0.2) is 0 Å². The van der Waals surface area contributed by atoms with E-state index in [0.717, 1.165) is 12.8 Å². The lowest BCUT2D eigenvalue weighted by molar-refractivity contribution is -0.136. The number of aliphatic hydroxyl groups excluding tert-OH is 1. The Kier molecular flexibility index (Phi) is 5.16. The van der Waals surface area contributed by atoms with Crippen molar-refractivity contribution < 1.29 is 19.4 Å². The topological polar surface area (TPSA) is 87.7 Å². The Bertz CT molecular complexity index is 514. The Hall–Kier alpha value is -2.08. The fourth-order valence-corrected chi connectivity index (χ4v) is 2.06. The average Bonchev–Trinajstić information content (AvgIpc) is 3.32. The minimum Gasteiger partial charge on any atom is -0.495 e. The van der Waals surface area contributed by atoms with E-state index in [9.17, 15) is 14.7 Å². The highest BCUT2D eigenvalue weighted by Gasteiger charge is 2.29. The molecular weight excluding hydrogens is 272 g/mol. The van der Waals surface area contributed by atoms with Gasteiger partial charge >= 0.3 is 11.8 Å². The van der Waals surface area contributed by atoms with Crippen LogP contribution in [0, 0.1) is 5.92 Å². The maximum Gasteiger partial charge on any atom is 0.313 e. The fourth-order valence-electron chi connectivity index (χ4n) is 2.06. The molecule has 1 saturated carbocycles. The Labute approximate surface area is 123 Å². The molecule has 0 bridgehead atoms. The zero-order chi connectivity index (χ0) is 15.2. The van der Waals surface area contributed by atoms with Gasteiger partial charge in [0.1, 0.15) is 5.75 Å². The summed E-state index contributed by atoms with van der Waals surface area (Å²) in [5, 5.41) is 14.7. The zero-order valence-corrected chi connectivity index (χ0v) is 12.0. The number of hydrogen-bond donors (Lipinski definition) is 3. The van der Waals surface area contributed by atoms with E-state index in [1.165, 1.54) is 7.11 Å². The summed E-state index contributed by atoms with van der Waals surface area (Å²) >= 11 is 0. The monoisotopic (exact) mass is 292 g/mol. The van der Waals surface area contributed by atoms with Crippen LogP contribution in [0.3, 0.4) is 0 Å². The SMILES string of the molecule is COc1ccccc1NC(=O)C(=O)NCC[C@H](O)C1CC1. The molecule has 1 aliphatic rings. The van der Waals surface area contributed by atoms with E-state index >= 15 is 0 Å². The molecule has 114 valence electrons. The molecule has 1 aromatic rings. The zero-order valence-electron chi connectivity index (χ0n) is 12.0. The van der Waals surface area contributed by atoms with Crippen molar-refractivity contribution in [2.45, 2.75) is 25.4 Å². The summed E-state index contributed by atoms with van der Waals surface area (Å²) in [6, 6.07) is 6.86. The van der Waals surface area contributed by atoms with Crippen LogP contribution < -0.4 is 15.4 Å². The van der Waals surface area contributed by atoms with Gasteiger partial charge in [-0.05, 0) is 37.3 Å². The number of aliphatic hydroxyl groups is 1. The second-order valence-corrected chi connectivity index (χ2v) is 5.10. The lowest BCUT2D eigenvalue weighted by Gasteiger charge is -2.11. The molecule has 6 nitrogen and oxygen atoms in total. The summed E-state index contributed by atoms with van der Waals surface area (Å²) in [4.78, 5) is 23.4. The second-order valence-electron chi connectivity index (χ2n) is 5.10. The molecule has 0 aliphatic heterocycles. The van der Waals surface area contributed by atoms with Crippen LogP contribution in [0.5, 0.6) is 5.75 Å². The lowest BCUT2D eigenvalue weighted by atomic mass is 10.2. The van der Waals surface area contributed by atoms with E-state index < -0.39 is 11.8 Å². The Morgan fingerprint density at radius 3 is 2.71 bits per heavy atom. The van der Waals surface area contributed by atoms with E-state index in [2.05, 4.69) is 10.6 Å². The quantitative estimate of drug-likeness (QED) is 0.680. The minimum absolute atomic E-state index is 0.288. The molecule has 6 heteroatoms. The third kappa shape index (κ3) is 4.46. The summed E-state index contributed by atoms with van der Waals surface area (Å²) < 4.78 is 5.09. The third-order valence-electron chi connectivity index (χ3n) is 3.45. The van der Waals surface area contributed by atoms with Gasteiger partial charge in [0.2, 0.25) is 0 Å². The molecule has 0 unspecified atom stereocenters. The first-order valence-electron chi connectivity index (χ1n) is 7.02. The van der Waals surface area contributed by atoms with Gasteiger partial charge < -0.3 is 20.5 Å². The van der Waals surface area contributed by atoms with Crippen LogP contribution in [-0.4, -0.2) is 36.7 Å². The lowest BCUT2D eigenvalue weighted by Crippen LogP contribution is -2.37. The summed E-state index contributed by atoms with van der Waals surface area (Å²) in [5.74, 6) is -0.614. The molecule has 1 aliphatic carbocycles. The largest absolute Gasteiger partial charge is 0.495 e. The van der Waals surface area contributed by atoms with Crippen LogP contribution in [0.4, 0.5) is 5.69 Å². The maximum atomic E-state index is 11.8. The molecule has 2 rings (SSSR count). The Morgan fingerprint density at radius 2 is 2.05 bits per heavy atom. The number of anilines is 1. The van der Waals surface area contributed by atoms with Crippen LogP contribution >= 0.6 is 0 Å². The Morgan fingerprint density at radius 1 is 1.33 bits per heavy atom. The highest BCUT2D eigenvalue weighted by molar-refractivity contribution is 6.39. The predicted molar refractivity (Wildman–Crippen MR) is 78.0 cm³/mol. The van der Waals surface area contributed by atoms with Crippen LogP contribution in [0.1, 0.15) is 19.3 Å². The van der Waals surface area contributed by atoms with Crippen molar-refractivity contribution in [3.05, 3.63) is 24.3 Å². The molecule has 1 atom stereocenters. The van der Waals surface area contributed by atoms with Gasteiger partial charge in [0.15, 0.2) is 0 Å². The number of ether oxygens (including phenoxy) is 1. The van der Waals surface area contributed by atoms with Crippen molar-refractivity contribution in [1.82, 2.24) is 5.32 Å².